The Morgan fingerprint density at radius 1 is 1.15 bits per heavy atom. The highest BCUT2D eigenvalue weighted by molar-refractivity contribution is 5.89. The fourth-order valence-electron chi connectivity index (χ4n) is 1.78. The minimum absolute atomic E-state index is 0.252. The lowest BCUT2D eigenvalue weighted by Gasteiger charge is -2.10. The first-order valence-electron chi connectivity index (χ1n) is 6.09. The summed E-state index contributed by atoms with van der Waals surface area (Å²) < 4.78 is 5.20. The van der Waals surface area contributed by atoms with E-state index in [1.165, 1.54) is 0 Å². The normalized spacial score (nSPS) is 9.60. The Morgan fingerprint density at radius 3 is 2.45 bits per heavy atom. The van der Waals surface area contributed by atoms with Crippen molar-refractivity contribution < 1.29 is 9.53 Å². The molecule has 0 bridgehead atoms. The minimum atomic E-state index is -0.535. The molecule has 0 atom stereocenters. The molecule has 0 saturated heterocycles. The minimum Gasteiger partial charge on any atom is -0.422 e. The summed E-state index contributed by atoms with van der Waals surface area (Å²) in [6.07, 6.45) is 0. The van der Waals surface area contributed by atoms with Gasteiger partial charge in [0.05, 0.1) is 0 Å². The van der Waals surface area contributed by atoms with Crippen LogP contribution in [0.25, 0.3) is 11.1 Å². The summed E-state index contributed by atoms with van der Waals surface area (Å²) in [6.45, 7) is 5.09. The van der Waals surface area contributed by atoms with E-state index < -0.39 is 5.97 Å². The summed E-state index contributed by atoms with van der Waals surface area (Å²) >= 11 is 0. The van der Waals surface area contributed by atoms with Crippen LogP contribution in [-0.2, 0) is 4.79 Å². The van der Waals surface area contributed by atoms with Crippen LogP contribution in [0.5, 0.6) is 5.75 Å². The molecule has 2 rings (SSSR count). The monoisotopic (exact) mass is 263 g/mol. The van der Waals surface area contributed by atoms with Crippen LogP contribution in [0.1, 0.15) is 12.5 Å². The maximum absolute atomic E-state index is 11.6. The van der Waals surface area contributed by atoms with E-state index in [4.69, 9.17) is 4.74 Å². The number of rotatable bonds is 3. The predicted molar refractivity (Wildman–Crippen MR) is 77.0 cm³/mol. The van der Waals surface area contributed by atoms with E-state index >= 15 is 0 Å². The van der Waals surface area contributed by atoms with Gasteiger partial charge >= 0.3 is 5.97 Å². The van der Waals surface area contributed by atoms with E-state index in [2.05, 4.69) is 12.6 Å². The molecule has 0 aromatic heterocycles. The Hall–Kier alpha value is -2.86. The number of esters is 1. The lowest BCUT2D eigenvalue weighted by Crippen LogP contribution is -2.09. The average molecular weight is 263 g/mol. The third-order valence-corrected chi connectivity index (χ3v) is 2.77. The Kier molecular flexibility index (Phi) is 3.97. The SMILES string of the molecule is C=C(C)C(=O)Oc1cccc(-c2ccccc2)c1C#N. The van der Waals surface area contributed by atoms with Gasteiger partial charge in [0.1, 0.15) is 17.4 Å². The van der Waals surface area contributed by atoms with Gasteiger partial charge in [-0.25, -0.2) is 4.79 Å². The van der Waals surface area contributed by atoms with Crippen molar-refractivity contribution in [2.75, 3.05) is 0 Å². The largest absolute Gasteiger partial charge is 0.422 e. The number of carbonyl (C=O) groups is 1. The molecule has 2 aromatic rings. The average Bonchev–Trinajstić information content (AvgIpc) is 2.47. The second kappa shape index (κ2) is 5.85. The molecular formula is C17H13NO2. The van der Waals surface area contributed by atoms with E-state index in [-0.39, 0.29) is 5.75 Å². The van der Waals surface area contributed by atoms with Gasteiger partial charge in [0.15, 0.2) is 0 Å². The topological polar surface area (TPSA) is 50.1 Å². The molecule has 0 aliphatic rings. The number of carbonyl (C=O) groups excluding carboxylic acids is 1. The Balaban J connectivity index is 2.49. The fraction of sp³-hybridized carbons (Fsp3) is 0.0588. The second-order valence-corrected chi connectivity index (χ2v) is 4.33. The van der Waals surface area contributed by atoms with Crippen LogP contribution in [-0.4, -0.2) is 5.97 Å². The molecule has 98 valence electrons. The highest BCUT2D eigenvalue weighted by Crippen LogP contribution is 2.30. The van der Waals surface area contributed by atoms with Crippen molar-refractivity contribution in [1.82, 2.24) is 0 Å². The molecule has 3 nitrogen and oxygen atoms in total. The molecule has 20 heavy (non-hydrogen) atoms. The molecule has 0 fully saturated rings. The maximum Gasteiger partial charge on any atom is 0.338 e. The Labute approximate surface area is 117 Å². The lowest BCUT2D eigenvalue weighted by molar-refractivity contribution is -0.130. The van der Waals surface area contributed by atoms with Crippen LogP contribution < -0.4 is 4.74 Å². The Bertz CT molecular complexity index is 697. The van der Waals surface area contributed by atoms with Crippen molar-refractivity contribution in [1.29, 1.82) is 5.26 Å². The molecule has 0 saturated carbocycles. The van der Waals surface area contributed by atoms with Gasteiger partial charge in [-0.15, -0.1) is 0 Å². The number of ether oxygens (including phenoxy) is 1. The van der Waals surface area contributed by atoms with Crippen LogP contribution in [0.4, 0.5) is 0 Å². The molecule has 3 heteroatoms. The van der Waals surface area contributed by atoms with Crippen LogP contribution >= 0.6 is 0 Å². The Morgan fingerprint density at radius 2 is 1.85 bits per heavy atom. The van der Waals surface area contributed by atoms with Crippen LogP contribution in [0, 0.1) is 11.3 Å². The predicted octanol–water partition coefficient (Wildman–Crippen LogP) is 3.71. The van der Waals surface area contributed by atoms with Gasteiger partial charge in [-0.05, 0) is 18.6 Å². The summed E-state index contributed by atoms with van der Waals surface area (Å²) in [5.41, 5.74) is 2.27. The van der Waals surface area contributed by atoms with E-state index in [9.17, 15) is 10.1 Å². The van der Waals surface area contributed by atoms with E-state index in [0.717, 1.165) is 11.1 Å². The van der Waals surface area contributed by atoms with Gasteiger partial charge in [0.25, 0.3) is 0 Å². The molecule has 0 heterocycles. The molecule has 0 radical (unpaired) electrons. The summed E-state index contributed by atoms with van der Waals surface area (Å²) in [7, 11) is 0. The van der Waals surface area contributed by atoms with Crippen LogP contribution in [0.3, 0.4) is 0 Å². The van der Waals surface area contributed by atoms with Gasteiger partial charge in [-0.1, -0.05) is 49.0 Å². The van der Waals surface area contributed by atoms with E-state index in [1.807, 2.05) is 36.4 Å². The number of nitrogens with zero attached hydrogens (tertiary/aromatic N) is 1. The number of hydrogen-bond donors (Lipinski definition) is 0. The van der Waals surface area contributed by atoms with Crippen molar-refractivity contribution in [3.05, 3.63) is 66.2 Å². The van der Waals surface area contributed by atoms with Crippen molar-refractivity contribution >= 4 is 5.97 Å². The zero-order chi connectivity index (χ0) is 14.5. The molecule has 0 spiro atoms. The maximum atomic E-state index is 11.6. The highest BCUT2D eigenvalue weighted by Gasteiger charge is 2.14. The molecule has 0 unspecified atom stereocenters. The van der Waals surface area contributed by atoms with Crippen molar-refractivity contribution in [2.45, 2.75) is 6.92 Å². The molecule has 0 aliphatic heterocycles. The summed E-state index contributed by atoms with van der Waals surface area (Å²) in [5, 5.41) is 9.35. The van der Waals surface area contributed by atoms with Crippen molar-refractivity contribution in [3.8, 4) is 22.9 Å². The number of hydrogen-bond acceptors (Lipinski definition) is 3. The van der Waals surface area contributed by atoms with Crippen molar-refractivity contribution in [2.24, 2.45) is 0 Å². The first kappa shape index (κ1) is 13.6. The lowest BCUT2D eigenvalue weighted by atomic mass is 10.00. The first-order valence-corrected chi connectivity index (χ1v) is 6.09. The summed E-state index contributed by atoms with van der Waals surface area (Å²) in [4.78, 5) is 11.6. The molecular weight excluding hydrogens is 250 g/mol. The van der Waals surface area contributed by atoms with Gasteiger partial charge in [0, 0.05) is 11.1 Å². The quantitative estimate of drug-likeness (QED) is 0.482. The molecule has 0 amide bonds. The van der Waals surface area contributed by atoms with E-state index in [0.29, 0.717) is 11.1 Å². The smallest absolute Gasteiger partial charge is 0.338 e. The van der Waals surface area contributed by atoms with Gasteiger partial charge in [-0.2, -0.15) is 5.26 Å². The van der Waals surface area contributed by atoms with Crippen LogP contribution in [0.15, 0.2) is 60.7 Å². The highest BCUT2D eigenvalue weighted by atomic mass is 16.5. The molecule has 0 aliphatic carbocycles. The van der Waals surface area contributed by atoms with Gasteiger partial charge in [0.2, 0.25) is 0 Å². The third-order valence-electron chi connectivity index (χ3n) is 2.77. The zero-order valence-electron chi connectivity index (χ0n) is 11.1. The number of nitriles is 1. The van der Waals surface area contributed by atoms with Gasteiger partial charge in [-0.3, -0.25) is 0 Å². The second-order valence-electron chi connectivity index (χ2n) is 4.33. The molecule has 2 aromatic carbocycles. The summed E-state index contributed by atoms with van der Waals surface area (Å²) in [6, 6.07) is 16.8. The third kappa shape index (κ3) is 2.76. The fourth-order valence-corrected chi connectivity index (χ4v) is 1.78. The molecule has 0 N–H and O–H groups in total. The first-order chi connectivity index (χ1) is 9.63. The summed E-state index contributed by atoms with van der Waals surface area (Å²) in [5.74, 6) is -0.284. The standard InChI is InChI=1S/C17H13NO2/c1-12(2)17(19)20-16-10-6-9-14(15(16)11-18)13-7-4-3-5-8-13/h3-10H,1H2,2H3. The van der Waals surface area contributed by atoms with Crippen molar-refractivity contribution in [3.63, 3.8) is 0 Å². The zero-order valence-corrected chi connectivity index (χ0v) is 11.1. The van der Waals surface area contributed by atoms with E-state index in [1.54, 1.807) is 19.1 Å². The number of benzene rings is 2. The van der Waals surface area contributed by atoms with Gasteiger partial charge < -0.3 is 4.74 Å². The van der Waals surface area contributed by atoms with Crippen LogP contribution in [0.2, 0.25) is 0 Å².